The van der Waals surface area contributed by atoms with E-state index in [9.17, 15) is 9.59 Å². The minimum absolute atomic E-state index is 0.0968. The Morgan fingerprint density at radius 3 is 2.79 bits per heavy atom. The van der Waals surface area contributed by atoms with Crippen LogP contribution in [0.5, 0.6) is 5.88 Å². The number of nitrogens with one attached hydrogen (secondary N) is 2. The summed E-state index contributed by atoms with van der Waals surface area (Å²) in [6, 6.07) is 7.03. The molecule has 0 atom stereocenters. The Hall–Kier alpha value is -3.46. The van der Waals surface area contributed by atoms with E-state index in [1.165, 1.54) is 10.9 Å². The number of rotatable bonds is 7. The lowest BCUT2D eigenvalue weighted by Gasteiger charge is -2.31. The van der Waals surface area contributed by atoms with E-state index in [0.717, 1.165) is 44.5 Å². The highest BCUT2D eigenvalue weighted by atomic mass is 16.5. The molecule has 1 amide bonds. The molecule has 0 bridgehead atoms. The number of carbonyl (C=O) groups is 1. The van der Waals surface area contributed by atoms with Gasteiger partial charge in [-0.3, -0.25) is 14.7 Å². The summed E-state index contributed by atoms with van der Waals surface area (Å²) in [5.74, 6) is 1.28. The number of H-pyrrole nitrogens is 1. The number of ether oxygens (including phenoxy) is 2. The summed E-state index contributed by atoms with van der Waals surface area (Å²) < 4.78 is 12.0. The van der Waals surface area contributed by atoms with Crippen LogP contribution >= 0.6 is 0 Å². The van der Waals surface area contributed by atoms with Gasteiger partial charge in [0.05, 0.1) is 12.7 Å². The van der Waals surface area contributed by atoms with Crippen LogP contribution in [0.2, 0.25) is 0 Å². The molecule has 3 aromatic rings. The second-order valence-electron chi connectivity index (χ2n) is 8.72. The molecule has 2 fully saturated rings. The summed E-state index contributed by atoms with van der Waals surface area (Å²) >= 11 is 0. The van der Waals surface area contributed by atoms with Crippen molar-refractivity contribution in [3.05, 3.63) is 69.9 Å². The number of amides is 1. The van der Waals surface area contributed by atoms with Gasteiger partial charge in [-0.1, -0.05) is 0 Å². The standard InChI is InChI=1S/C24H27N5O4/c1-32-21-13-16(4-9-25-21)12-18-15-27-29(23(18)31)20-3-2-17(14-26-20)22(30)28-24(7-8-24)19-5-10-33-11-6-19/h2-4,9,13-15,19,27H,5-8,10-12H2,1H3,(H,28,30). The minimum atomic E-state index is -0.188. The number of aromatic amines is 1. The summed E-state index contributed by atoms with van der Waals surface area (Å²) in [5, 5.41) is 6.20. The van der Waals surface area contributed by atoms with Crippen molar-refractivity contribution in [2.75, 3.05) is 20.3 Å². The van der Waals surface area contributed by atoms with Crippen LogP contribution in [-0.4, -0.2) is 51.5 Å². The van der Waals surface area contributed by atoms with Crippen LogP contribution in [0.1, 0.15) is 47.2 Å². The van der Waals surface area contributed by atoms with Gasteiger partial charge in [-0.05, 0) is 55.4 Å². The van der Waals surface area contributed by atoms with Gasteiger partial charge in [-0.25, -0.2) is 14.6 Å². The predicted octanol–water partition coefficient (Wildman–Crippen LogP) is 2.24. The number of hydrogen-bond donors (Lipinski definition) is 2. The predicted molar refractivity (Wildman–Crippen MR) is 121 cm³/mol. The van der Waals surface area contributed by atoms with Crippen molar-refractivity contribution in [1.29, 1.82) is 0 Å². The Bertz CT molecular complexity index is 1190. The molecular weight excluding hydrogens is 422 g/mol. The van der Waals surface area contributed by atoms with E-state index in [1.807, 2.05) is 6.07 Å². The molecule has 5 rings (SSSR count). The first-order chi connectivity index (χ1) is 16.1. The average Bonchev–Trinajstić information content (AvgIpc) is 3.56. The Labute approximate surface area is 191 Å². The fourth-order valence-corrected chi connectivity index (χ4v) is 4.57. The molecule has 0 radical (unpaired) electrons. The number of hydrogen-bond acceptors (Lipinski definition) is 6. The first-order valence-electron chi connectivity index (χ1n) is 11.2. The van der Waals surface area contributed by atoms with Crippen LogP contribution in [-0.2, 0) is 11.2 Å². The van der Waals surface area contributed by atoms with Gasteiger partial charge in [0.15, 0.2) is 5.82 Å². The third-order valence-electron chi connectivity index (χ3n) is 6.64. The smallest absolute Gasteiger partial charge is 0.276 e. The van der Waals surface area contributed by atoms with Gasteiger partial charge in [0, 0.05) is 55.4 Å². The van der Waals surface area contributed by atoms with E-state index in [4.69, 9.17) is 9.47 Å². The van der Waals surface area contributed by atoms with E-state index in [2.05, 4.69) is 20.4 Å². The van der Waals surface area contributed by atoms with Crippen LogP contribution in [0, 0.1) is 5.92 Å². The fourth-order valence-electron chi connectivity index (χ4n) is 4.57. The molecule has 0 unspecified atom stereocenters. The van der Waals surface area contributed by atoms with Crippen molar-refractivity contribution < 1.29 is 14.3 Å². The highest BCUT2D eigenvalue weighted by Crippen LogP contribution is 2.46. The maximum atomic E-state index is 12.9. The molecule has 1 saturated carbocycles. The molecule has 172 valence electrons. The number of nitrogens with zero attached hydrogens (tertiary/aromatic N) is 3. The SMILES string of the molecule is COc1cc(Cc2c[nH]n(-c3ccc(C(=O)NC4(C5CCOCC5)CC4)cn3)c2=O)ccn1. The topological polar surface area (TPSA) is 111 Å². The van der Waals surface area contributed by atoms with Crippen molar-refractivity contribution >= 4 is 5.91 Å². The number of aromatic nitrogens is 4. The van der Waals surface area contributed by atoms with Gasteiger partial charge in [0.25, 0.3) is 11.5 Å². The van der Waals surface area contributed by atoms with E-state index >= 15 is 0 Å². The molecule has 4 heterocycles. The summed E-state index contributed by atoms with van der Waals surface area (Å²) in [7, 11) is 1.56. The molecule has 0 spiro atoms. The average molecular weight is 450 g/mol. The molecule has 0 aromatic carbocycles. The first kappa shape index (κ1) is 21.4. The molecular formula is C24H27N5O4. The van der Waals surface area contributed by atoms with Crippen LogP contribution in [0.25, 0.3) is 5.82 Å². The molecule has 9 nitrogen and oxygen atoms in total. The minimum Gasteiger partial charge on any atom is -0.481 e. The van der Waals surface area contributed by atoms with E-state index in [1.54, 1.807) is 37.7 Å². The molecule has 3 aromatic heterocycles. The Kier molecular flexibility index (Phi) is 5.72. The molecule has 2 aliphatic rings. The Morgan fingerprint density at radius 2 is 2.09 bits per heavy atom. The zero-order valence-corrected chi connectivity index (χ0v) is 18.5. The first-order valence-corrected chi connectivity index (χ1v) is 11.2. The lowest BCUT2D eigenvalue weighted by atomic mass is 9.89. The molecule has 33 heavy (non-hydrogen) atoms. The molecule has 1 aliphatic heterocycles. The normalized spacial score (nSPS) is 17.5. The van der Waals surface area contributed by atoms with E-state index < -0.39 is 0 Å². The van der Waals surface area contributed by atoms with Crippen LogP contribution < -0.4 is 15.6 Å². The maximum absolute atomic E-state index is 12.9. The summed E-state index contributed by atoms with van der Waals surface area (Å²) in [4.78, 5) is 34.2. The highest BCUT2D eigenvalue weighted by molar-refractivity contribution is 5.94. The van der Waals surface area contributed by atoms with Crippen molar-refractivity contribution in [3.63, 3.8) is 0 Å². The quantitative estimate of drug-likeness (QED) is 0.572. The van der Waals surface area contributed by atoms with Crippen molar-refractivity contribution in [2.45, 2.75) is 37.6 Å². The van der Waals surface area contributed by atoms with Crippen molar-refractivity contribution in [2.24, 2.45) is 5.92 Å². The lowest BCUT2D eigenvalue weighted by molar-refractivity contribution is 0.0475. The van der Waals surface area contributed by atoms with Crippen LogP contribution in [0.4, 0.5) is 0 Å². The summed E-state index contributed by atoms with van der Waals surface area (Å²) in [5.41, 5.74) is 1.72. The van der Waals surface area contributed by atoms with Gasteiger partial charge in [0.1, 0.15) is 0 Å². The Morgan fingerprint density at radius 1 is 1.27 bits per heavy atom. The molecule has 9 heteroatoms. The zero-order chi connectivity index (χ0) is 22.8. The molecule has 1 saturated heterocycles. The van der Waals surface area contributed by atoms with E-state index in [-0.39, 0.29) is 17.0 Å². The summed E-state index contributed by atoms with van der Waals surface area (Å²) in [6.45, 7) is 1.53. The fraction of sp³-hybridized carbons (Fsp3) is 0.417. The number of pyridine rings is 2. The molecule has 2 N–H and O–H groups in total. The maximum Gasteiger partial charge on any atom is 0.276 e. The monoisotopic (exact) mass is 449 g/mol. The van der Waals surface area contributed by atoms with Gasteiger partial charge in [0.2, 0.25) is 5.88 Å². The second kappa shape index (κ2) is 8.82. The lowest BCUT2D eigenvalue weighted by Crippen LogP contribution is -2.44. The van der Waals surface area contributed by atoms with Crippen LogP contribution in [0.15, 0.2) is 47.7 Å². The largest absolute Gasteiger partial charge is 0.481 e. The van der Waals surface area contributed by atoms with Gasteiger partial charge in [-0.2, -0.15) is 0 Å². The van der Waals surface area contributed by atoms with Crippen LogP contribution in [0.3, 0.4) is 0 Å². The number of methoxy groups -OCH3 is 1. The molecule has 1 aliphatic carbocycles. The summed E-state index contributed by atoms with van der Waals surface area (Å²) in [6.07, 6.45) is 9.28. The van der Waals surface area contributed by atoms with E-state index in [0.29, 0.717) is 35.2 Å². The zero-order valence-electron chi connectivity index (χ0n) is 18.5. The van der Waals surface area contributed by atoms with Crippen molar-refractivity contribution in [3.8, 4) is 11.7 Å². The number of carbonyl (C=O) groups excluding carboxylic acids is 1. The third-order valence-corrected chi connectivity index (χ3v) is 6.64. The highest BCUT2D eigenvalue weighted by Gasteiger charge is 2.50. The van der Waals surface area contributed by atoms with Gasteiger partial charge in [-0.15, -0.1) is 0 Å². The van der Waals surface area contributed by atoms with Crippen molar-refractivity contribution in [1.82, 2.24) is 25.1 Å². The Balaban J connectivity index is 1.28. The van der Waals surface area contributed by atoms with Gasteiger partial charge < -0.3 is 14.8 Å². The third kappa shape index (κ3) is 4.41. The van der Waals surface area contributed by atoms with Gasteiger partial charge >= 0.3 is 0 Å². The second-order valence-corrected chi connectivity index (χ2v) is 8.72.